The Balaban J connectivity index is 1.94. The van der Waals surface area contributed by atoms with Gasteiger partial charge < -0.3 is 10.6 Å². The Morgan fingerprint density at radius 1 is 1.38 bits per heavy atom. The molecule has 2 N–H and O–H groups in total. The minimum Gasteiger partial charge on any atom is -0.364 e. The van der Waals surface area contributed by atoms with Gasteiger partial charge in [-0.3, -0.25) is 0 Å². The summed E-state index contributed by atoms with van der Waals surface area (Å²) in [5.41, 5.74) is 9.57. The fourth-order valence-electron chi connectivity index (χ4n) is 3.15. The summed E-state index contributed by atoms with van der Waals surface area (Å²) in [6.45, 7) is 3.89. The number of benzene rings is 1. The molecule has 0 radical (unpaired) electrons. The maximum Gasteiger partial charge on any atom is 0.0996 e. The van der Waals surface area contributed by atoms with E-state index in [1.54, 1.807) is 0 Å². The van der Waals surface area contributed by atoms with Crippen LogP contribution in [0.25, 0.3) is 0 Å². The van der Waals surface area contributed by atoms with E-state index in [1.165, 1.54) is 22.6 Å². The highest BCUT2D eigenvalue weighted by Crippen LogP contribution is 2.45. The summed E-state index contributed by atoms with van der Waals surface area (Å²) in [5, 5.41) is 0. The molecule has 112 valence electrons. The van der Waals surface area contributed by atoms with E-state index in [9.17, 15) is 0 Å². The number of anilines is 1. The Labute approximate surface area is 139 Å². The molecule has 0 amide bonds. The molecule has 0 fully saturated rings. The van der Waals surface area contributed by atoms with Crippen LogP contribution in [-0.4, -0.2) is 13.1 Å². The Morgan fingerprint density at radius 2 is 2.14 bits per heavy atom. The predicted molar refractivity (Wildman–Crippen MR) is 93.0 cm³/mol. The van der Waals surface area contributed by atoms with Gasteiger partial charge in [-0.05, 0) is 37.6 Å². The van der Waals surface area contributed by atoms with E-state index in [4.69, 9.17) is 28.9 Å². The monoisotopic (exact) mass is 340 g/mol. The second-order valence-corrected chi connectivity index (χ2v) is 7.73. The molecule has 2 heterocycles. The number of hydrogen-bond donors (Lipinski definition) is 1. The minimum absolute atomic E-state index is 0.213. The highest BCUT2D eigenvalue weighted by molar-refractivity contribution is 7.20. The third kappa shape index (κ3) is 2.80. The maximum atomic E-state index is 6.33. The van der Waals surface area contributed by atoms with Crippen molar-refractivity contribution in [2.24, 2.45) is 5.73 Å². The third-order valence-corrected chi connectivity index (χ3v) is 5.74. The standard InChI is InChI=1S/C16H18Cl2N2S/c1-10(13-8-15(17)21-16(13)18)20-9-11(6-7-19)12-4-2-3-5-14(12)20/h2-5,8,10-11H,6-7,9,19H2,1H3. The zero-order valence-corrected chi connectivity index (χ0v) is 14.2. The van der Waals surface area contributed by atoms with Crippen molar-refractivity contribution in [1.82, 2.24) is 0 Å². The van der Waals surface area contributed by atoms with Crippen LogP contribution < -0.4 is 10.6 Å². The molecule has 1 aromatic carbocycles. The van der Waals surface area contributed by atoms with Gasteiger partial charge in [-0.1, -0.05) is 41.4 Å². The van der Waals surface area contributed by atoms with Crippen LogP contribution in [0.15, 0.2) is 30.3 Å². The van der Waals surface area contributed by atoms with Crippen LogP contribution in [0.1, 0.15) is 36.4 Å². The van der Waals surface area contributed by atoms with Crippen molar-refractivity contribution in [2.45, 2.75) is 25.3 Å². The largest absolute Gasteiger partial charge is 0.364 e. The molecule has 0 aliphatic carbocycles. The third-order valence-electron chi connectivity index (χ3n) is 4.22. The molecular weight excluding hydrogens is 323 g/mol. The van der Waals surface area contributed by atoms with Crippen LogP contribution in [0, 0.1) is 0 Å². The average Bonchev–Trinajstić information content (AvgIpc) is 3.00. The van der Waals surface area contributed by atoms with E-state index in [0.717, 1.165) is 27.2 Å². The van der Waals surface area contributed by atoms with Crippen LogP contribution >= 0.6 is 34.5 Å². The Morgan fingerprint density at radius 3 is 2.81 bits per heavy atom. The van der Waals surface area contributed by atoms with Crippen molar-refractivity contribution in [2.75, 3.05) is 18.0 Å². The molecule has 2 aromatic rings. The summed E-state index contributed by atoms with van der Waals surface area (Å²) in [7, 11) is 0. The van der Waals surface area contributed by atoms with Gasteiger partial charge in [0.1, 0.15) is 0 Å². The lowest BCUT2D eigenvalue weighted by Crippen LogP contribution is -2.26. The summed E-state index contributed by atoms with van der Waals surface area (Å²) < 4.78 is 1.53. The van der Waals surface area contributed by atoms with Crippen molar-refractivity contribution in [3.8, 4) is 0 Å². The Hall–Kier alpha value is -0.740. The number of nitrogens with two attached hydrogens (primary N) is 1. The van der Waals surface area contributed by atoms with Gasteiger partial charge >= 0.3 is 0 Å². The van der Waals surface area contributed by atoms with Crippen molar-refractivity contribution >= 4 is 40.2 Å². The lowest BCUT2D eigenvalue weighted by atomic mass is 9.98. The van der Waals surface area contributed by atoms with Crippen LogP contribution in [0.2, 0.25) is 8.67 Å². The SMILES string of the molecule is CC(c1cc(Cl)sc1Cl)N1CC(CCN)c2ccccc21. The topological polar surface area (TPSA) is 29.3 Å². The summed E-state index contributed by atoms with van der Waals surface area (Å²) in [6, 6.07) is 10.8. The van der Waals surface area contributed by atoms with Crippen molar-refractivity contribution in [1.29, 1.82) is 0 Å². The van der Waals surface area contributed by atoms with Gasteiger partial charge in [-0.15, -0.1) is 11.3 Å². The van der Waals surface area contributed by atoms with Gasteiger partial charge in [-0.25, -0.2) is 0 Å². The lowest BCUT2D eigenvalue weighted by molar-refractivity contribution is 0.607. The number of para-hydroxylation sites is 1. The molecule has 21 heavy (non-hydrogen) atoms. The van der Waals surface area contributed by atoms with Crippen molar-refractivity contribution in [3.63, 3.8) is 0 Å². The lowest BCUT2D eigenvalue weighted by Gasteiger charge is -2.27. The number of rotatable bonds is 4. The van der Waals surface area contributed by atoms with E-state index in [1.807, 2.05) is 6.07 Å². The second kappa shape index (κ2) is 6.17. The normalized spacial score (nSPS) is 18.9. The Kier molecular flexibility index (Phi) is 4.46. The first kappa shape index (κ1) is 15.2. The Bertz CT molecular complexity index is 641. The smallest absolute Gasteiger partial charge is 0.0996 e. The highest BCUT2D eigenvalue weighted by Gasteiger charge is 2.32. The van der Waals surface area contributed by atoms with Gasteiger partial charge in [0, 0.05) is 23.7 Å². The highest BCUT2D eigenvalue weighted by atomic mass is 35.5. The molecule has 0 saturated carbocycles. The molecule has 5 heteroatoms. The van der Waals surface area contributed by atoms with Crippen LogP contribution in [-0.2, 0) is 0 Å². The van der Waals surface area contributed by atoms with E-state index >= 15 is 0 Å². The van der Waals surface area contributed by atoms with E-state index in [2.05, 4.69) is 36.1 Å². The zero-order valence-electron chi connectivity index (χ0n) is 11.9. The number of hydrogen-bond acceptors (Lipinski definition) is 3. The van der Waals surface area contributed by atoms with Gasteiger partial charge in [0.15, 0.2) is 0 Å². The quantitative estimate of drug-likeness (QED) is 0.841. The molecule has 2 atom stereocenters. The molecule has 1 aromatic heterocycles. The van der Waals surface area contributed by atoms with E-state index in [-0.39, 0.29) is 6.04 Å². The summed E-state index contributed by atoms with van der Waals surface area (Å²) in [6.07, 6.45) is 1.01. The van der Waals surface area contributed by atoms with Gasteiger partial charge in [0.25, 0.3) is 0 Å². The number of nitrogens with zero attached hydrogens (tertiary/aromatic N) is 1. The summed E-state index contributed by atoms with van der Waals surface area (Å²) >= 11 is 13.9. The van der Waals surface area contributed by atoms with Gasteiger partial charge in [-0.2, -0.15) is 0 Å². The van der Waals surface area contributed by atoms with Crippen LogP contribution in [0.5, 0.6) is 0 Å². The number of halogens is 2. The molecule has 3 rings (SSSR count). The zero-order chi connectivity index (χ0) is 15.0. The molecule has 0 spiro atoms. The first-order chi connectivity index (χ1) is 10.1. The number of thiophene rings is 1. The molecule has 1 aliphatic rings. The van der Waals surface area contributed by atoms with Crippen molar-refractivity contribution < 1.29 is 0 Å². The molecule has 0 bridgehead atoms. The van der Waals surface area contributed by atoms with E-state index < -0.39 is 0 Å². The summed E-state index contributed by atoms with van der Waals surface area (Å²) in [5.74, 6) is 0.501. The summed E-state index contributed by atoms with van der Waals surface area (Å²) in [4.78, 5) is 2.42. The molecule has 2 unspecified atom stereocenters. The average molecular weight is 341 g/mol. The predicted octanol–water partition coefficient (Wildman–Crippen LogP) is 5.07. The van der Waals surface area contributed by atoms with Crippen LogP contribution in [0.3, 0.4) is 0 Å². The first-order valence-corrected chi connectivity index (χ1v) is 8.69. The van der Waals surface area contributed by atoms with E-state index in [0.29, 0.717) is 12.5 Å². The molecular formula is C16H18Cl2N2S. The minimum atomic E-state index is 0.213. The van der Waals surface area contributed by atoms with Crippen LogP contribution in [0.4, 0.5) is 5.69 Å². The fraction of sp³-hybridized carbons (Fsp3) is 0.375. The van der Waals surface area contributed by atoms with Gasteiger partial charge in [0.05, 0.1) is 14.7 Å². The van der Waals surface area contributed by atoms with Gasteiger partial charge in [0.2, 0.25) is 0 Å². The first-order valence-electron chi connectivity index (χ1n) is 7.12. The number of fused-ring (bicyclic) bond motifs is 1. The fourth-order valence-corrected chi connectivity index (χ4v) is 4.78. The maximum absolute atomic E-state index is 6.33. The molecule has 1 aliphatic heterocycles. The molecule has 0 saturated heterocycles. The molecule has 2 nitrogen and oxygen atoms in total. The second-order valence-electron chi connectivity index (χ2n) is 5.44. The van der Waals surface area contributed by atoms with Crippen molar-refractivity contribution in [3.05, 3.63) is 50.1 Å².